The molecular formula is C12H14BrN3O2S. The van der Waals surface area contributed by atoms with Gasteiger partial charge in [0.1, 0.15) is 5.82 Å². The molecule has 0 fully saturated rings. The number of nitrogens with zero attached hydrogens (tertiary/aromatic N) is 2. The van der Waals surface area contributed by atoms with Crippen molar-refractivity contribution in [2.45, 2.75) is 24.9 Å². The van der Waals surface area contributed by atoms with Crippen LogP contribution >= 0.6 is 15.9 Å². The number of primary sulfonamides is 1. The van der Waals surface area contributed by atoms with Crippen molar-refractivity contribution in [2.75, 3.05) is 0 Å². The Bertz CT molecular complexity index is 695. The number of hydrogen-bond acceptors (Lipinski definition) is 3. The van der Waals surface area contributed by atoms with Gasteiger partial charge in [-0.15, -0.1) is 0 Å². The molecule has 1 heterocycles. The van der Waals surface area contributed by atoms with Gasteiger partial charge in [-0.2, -0.15) is 0 Å². The normalized spacial score (nSPS) is 11.7. The van der Waals surface area contributed by atoms with Gasteiger partial charge in [0.05, 0.1) is 0 Å². The van der Waals surface area contributed by atoms with E-state index in [1.165, 1.54) is 6.20 Å². The second-order valence-electron chi connectivity index (χ2n) is 4.15. The molecule has 19 heavy (non-hydrogen) atoms. The Kier molecular flexibility index (Phi) is 4.07. The van der Waals surface area contributed by atoms with Gasteiger partial charge >= 0.3 is 0 Å². The molecule has 1 aromatic carbocycles. The standard InChI is InChI=1S/C12H14BrN3O2S/c1-2-11-15-12(19(14,17)18)8-16(11)7-9-4-3-5-10(13)6-9/h3-6,8H,2,7H2,1H3,(H2,14,17,18). The summed E-state index contributed by atoms with van der Waals surface area (Å²) in [5.41, 5.74) is 1.06. The molecule has 2 aromatic rings. The first-order chi connectivity index (χ1) is 8.90. The van der Waals surface area contributed by atoms with Gasteiger partial charge in [0.15, 0.2) is 5.03 Å². The van der Waals surface area contributed by atoms with Crippen LogP contribution in [0.4, 0.5) is 0 Å². The van der Waals surface area contributed by atoms with E-state index >= 15 is 0 Å². The first-order valence-electron chi connectivity index (χ1n) is 5.73. The molecule has 1 aromatic heterocycles. The Morgan fingerprint density at radius 3 is 2.74 bits per heavy atom. The van der Waals surface area contributed by atoms with Gasteiger partial charge < -0.3 is 4.57 Å². The highest BCUT2D eigenvalue weighted by Gasteiger charge is 2.15. The second-order valence-corrected chi connectivity index (χ2v) is 6.58. The minimum absolute atomic E-state index is 0.0839. The first-order valence-corrected chi connectivity index (χ1v) is 8.07. The summed E-state index contributed by atoms with van der Waals surface area (Å²) in [6.07, 6.45) is 2.12. The van der Waals surface area contributed by atoms with Crippen LogP contribution in [0.1, 0.15) is 18.3 Å². The lowest BCUT2D eigenvalue weighted by Gasteiger charge is -2.06. The fourth-order valence-electron chi connectivity index (χ4n) is 1.82. The van der Waals surface area contributed by atoms with Crippen molar-refractivity contribution in [1.82, 2.24) is 9.55 Å². The molecule has 102 valence electrons. The molecule has 2 rings (SSSR count). The Morgan fingerprint density at radius 2 is 2.16 bits per heavy atom. The minimum atomic E-state index is -3.76. The molecule has 5 nitrogen and oxygen atoms in total. The lowest BCUT2D eigenvalue weighted by molar-refractivity contribution is 0.594. The number of hydrogen-bond donors (Lipinski definition) is 1. The zero-order valence-electron chi connectivity index (χ0n) is 10.4. The lowest BCUT2D eigenvalue weighted by Crippen LogP contribution is -2.12. The average Bonchev–Trinajstić information content (AvgIpc) is 2.72. The fourth-order valence-corrected chi connectivity index (χ4v) is 2.77. The fraction of sp³-hybridized carbons (Fsp3) is 0.250. The molecule has 0 atom stereocenters. The Labute approximate surface area is 120 Å². The smallest absolute Gasteiger partial charge is 0.257 e. The van der Waals surface area contributed by atoms with Gasteiger partial charge in [-0.25, -0.2) is 18.5 Å². The number of aromatic nitrogens is 2. The zero-order valence-corrected chi connectivity index (χ0v) is 12.8. The van der Waals surface area contributed by atoms with Crippen LogP contribution in [0.2, 0.25) is 0 Å². The summed E-state index contributed by atoms with van der Waals surface area (Å²) in [5, 5.41) is 5.02. The van der Waals surface area contributed by atoms with Gasteiger partial charge in [0, 0.05) is 23.6 Å². The van der Waals surface area contributed by atoms with E-state index in [-0.39, 0.29) is 5.03 Å². The molecule has 0 spiro atoms. The van der Waals surface area contributed by atoms with Crippen molar-refractivity contribution in [3.8, 4) is 0 Å². The number of imidazole rings is 1. The van der Waals surface area contributed by atoms with Crippen molar-refractivity contribution in [3.05, 3.63) is 46.3 Å². The molecule has 0 aliphatic carbocycles. The second kappa shape index (κ2) is 5.44. The van der Waals surface area contributed by atoms with Crippen molar-refractivity contribution >= 4 is 26.0 Å². The number of sulfonamides is 1. The van der Waals surface area contributed by atoms with E-state index in [1.54, 1.807) is 0 Å². The topological polar surface area (TPSA) is 78.0 Å². The van der Waals surface area contributed by atoms with Crippen molar-refractivity contribution in [3.63, 3.8) is 0 Å². The average molecular weight is 344 g/mol. The van der Waals surface area contributed by atoms with E-state index in [0.717, 1.165) is 10.0 Å². The maximum absolute atomic E-state index is 11.3. The third-order valence-corrected chi connectivity index (χ3v) is 3.96. The Balaban J connectivity index is 2.37. The summed E-state index contributed by atoms with van der Waals surface area (Å²) in [4.78, 5) is 4.06. The molecule has 2 N–H and O–H groups in total. The Hall–Kier alpha value is -1.18. The molecule has 0 amide bonds. The van der Waals surface area contributed by atoms with Crippen LogP contribution < -0.4 is 5.14 Å². The Morgan fingerprint density at radius 1 is 1.42 bits per heavy atom. The van der Waals surface area contributed by atoms with Gasteiger partial charge in [-0.3, -0.25) is 0 Å². The number of aryl methyl sites for hydroxylation is 1. The predicted molar refractivity (Wildman–Crippen MR) is 76.2 cm³/mol. The molecule has 7 heteroatoms. The van der Waals surface area contributed by atoms with Crippen LogP contribution in [-0.2, 0) is 23.0 Å². The number of benzene rings is 1. The van der Waals surface area contributed by atoms with E-state index in [0.29, 0.717) is 18.8 Å². The first kappa shape index (κ1) is 14.2. The van der Waals surface area contributed by atoms with Crippen molar-refractivity contribution in [2.24, 2.45) is 5.14 Å². The van der Waals surface area contributed by atoms with Crippen molar-refractivity contribution in [1.29, 1.82) is 0 Å². The molecule has 0 bridgehead atoms. The van der Waals surface area contributed by atoms with Crippen LogP contribution in [0.25, 0.3) is 0 Å². The van der Waals surface area contributed by atoms with Crippen LogP contribution in [0.5, 0.6) is 0 Å². The summed E-state index contributed by atoms with van der Waals surface area (Å²) in [5.74, 6) is 0.698. The largest absolute Gasteiger partial charge is 0.329 e. The van der Waals surface area contributed by atoms with Gasteiger partial charge in [0.25, 0.3) is 10.0 Å². The highest BCUT2D eigenvalue weighted by molar-refractivity contribution is 9.10. The highest BCUT2D eigenvalue weighted by atomic mass is 79.9. The predicted octanol–water partition coefficient (Wildman–Crippen LogP) is 1.90. The zero-order chi connectivity index (χ0) is 14.0. The molecule has 0 saturated heterocycles. The monoisotopic (exact) mass is 343 g/mol. The third-order valence-electron chi connectivity index (χ3n) is 2.69. The number of rotatable bonds is 4. The summed E-state index contributed by atoms with van der Waals surface area (Å²) >= 11 is 3.41. The van der Waals surface area contributed by atoms with Gasteiger partial charge in [0.2, 0.25) is 0 Å². The summed E-state index contributed by atoms with van der Waals surface area (Å²) in [6.45, 7) is 2.48. The van der Waals surface area contributed by atoms with Crippen LogP contribution in [0, 0.1) is 0 Å². The van der Waals surface area contributed by atoms with E-state index in [4.69, 9.17) is 5.14 Å². The maximum atomic E-state index is 11.3. The lowest BCUT2D eigenvalue weighted by atomic mass is 10.2. The van der Waals surface area contributed by atoms with Gasteiger partial charge in [-0.1, -0.05) is 35.0 Å². The summed E-state index contributed by atoms with van der Waals surface area (Å²) < 4.78 is 25.4. The third kappa shape index (κ3) is 3.43. The van der Waals surface area contributed by atoms with E-state index in [1.807, 2.05) is 35.8 Å². The van der Waals surface area contributed by atoms with Crippen molar-refractivity contribution < 1.29 is 8.42 Å². The van der Waals surface area contributed by atoms with E-state index in [9.17, 15) is 8.42 Å². The molecule has 0 saturated carbocycles. The number of halogens is 1. The maximum Gasteiger partial charge on any atom is 0.257 e. The van der Waals surface area contributed by atoms with E-state index < -0.39 is 10.0 Å². The van der Waals surface area contributed by atoms with Crippen LogP contribution in [0.15, 0.2) is 40.0 Å². The van der Waals surface area contributed by atoms with Gasteiger partial charge in [-0.05, 0) is 17.7 Å². The van der Waals surface area contributed by atoms with E-state index in [2.05, 4.69) is 20.9 Å². The molecule has 0 unspecified atom stereocenters. The molecule has 0 radical (unpaired) electrons. The summed E-state index contributed by atoms with van der Waals surface area (Å²) in [7, 11) is -3.76. The minimum Gasteiger partial charge on any atom is -0.329 e. The van der Waals surface area contributed by atoms with Crippen LogP contribution in [-0.4, -0.2) is 18.0 Å². The summed E-state index contributed by atoms with van der Waals surface area (Å²) in [6, 6.07) is 7.83. The molecule has 0 aliphatic rings. The molecule has 0 aliphatic heterocycles. The highest BCUT2D eigenvalue weighted by Crippen LogP contribution is 2.15. The van der Waals surface area contributed by atoms with Crippen LogP contribution in [0.3, 0.4) is 0 Å². The number of nitrogens with two attached hydrogens (primary N) is 1. The quantitative estimate of drug-likeness (QED) is 0.920. The SMILES string of the molecule is CCc1nc(S(N)(=O)=O)cn1Cc1cccc(Br)c1. The molecular weight excluding hydrogens is 330 g/mol.